The average molecular weight is 483 g/mol. The van der Waals surface area contributed by atoms with E-state index in [1.54, 1.807) is 49.4 Å². The van der Waals surface area contributed by atoms with Gasteiger partial charge in [-0.05, 0) is 60.4 Å². The molecule has 9 heteroatoms. The first-order chi connectivity index (χ1) is 14.4. The van der Waals surface area contributed by atoms with Crippen molar-refractivity contribution >= 4 is 48.6 Å². The Balaban J connectivity index is 1.78. The maximum Gasteiger partial charge on any atom is 0.440 e. The summed E-state index contributed by atoms with van der Waals surface area (Å²) in [5.41, 5.74) is 0. The lowest BCUT2D eigenvalue weighted by Gasteiger charge is -2.17. The second kappa shape index (κ2) is 10.2. The molecule has 3 rings (SSSR count). The van der Waals surface area contributed by atoms with Gasteiger partial charge in [0, 0.05) is 26.8 Å². The first-order valence-corrected chi connectivity index (χ1v) is 15.4. The zero-order chi connectivity index (χ0) is 21.6. The van der Waals surface area contributed by atoms with Gasteiger partial charge >= 0.3 is 6.80 Å². The van der Waals surface area contributed by atoms with Crippen LogP contribution in [0.15, 0.2) is 76.5 Å². The summed E-state index contributed by atoms with van der Waals surface area (Å²) in [5.74, 6) is 1.04. The van der Waals surface area contributed by atoms with Crippen LogP contribution in [-0.2, 0) is 18.0 Å². The highest BCUT2D eigenvalue weighted by atomic mass is 33.1. The van der Waals surface area contributed by atoms with Crippen molar-refractivity contribution in [2.24, 2.45) is 0 Å². The number of hydrogen-bond acceptors (Lipinski definition) is 7. The molecular weight excluding hydrogens is 459 g/mol. The van der Waals surface area contributed by atoms with Gasteiger partial charge in [-0.1, -0.05) is 43.3 Å². The van der Waals surface area contributed by atoms with Crippen molar-refractivity contribution in [2.75, 3.05) is 12.4 Å². The lowest BCUT2D eigenvalue weighted by Crippen LogP contribution is -1.97. The van der Waals surface area contributed by atoms with Crippen molar-refractivity contribution in [1.29, 1.82) is 0 Å². The Morgan fingerprint density at radius 3 is 2.33 bits per heavy atom. The SMILES string of the molecule is CCCSP(=O)(OCC)Oc1ccc(SS(=O)(=O)c2cccc3ccccc23)cc1. The second-order valence-electron chi connectivity index (χ2n) is 6.28. The molecule has 0 aliphatic rings. The van der Waals surface area contributed by atoms with Crippen molar-refractivity contribution in [3.63, 3.8) is 0 Å². The minimum atomic E-state index is -3.62. The van der Waals surface area contributed by atoms with E-state index >= 15 is 0 Å². The molecule has 3 aromatic carbocycles. The van der Waals surface area contributed by atoms with E-state index in [-0.39, 0.29) is 11.5 Å². The van der Waals surface area contributed by atoms with Crippen LogP contribution in [0.2, 0.25) is 0 Å². The molecule has 0 fully saturated rings. The van der Waals surface area contributed by atoms with E-state index in [0.29, 0.717) is 21.8 Å². The number of benzene rings is 3. The second-order valence-corrected chi connectivity index (χ2v) is 14.2. The molecule has 160 valence electrons. The van der Waals surface area contributed by atoms with Crippen LogP contribution in [0, 0.1) is 0 Å². The van der Waals surface area contributed by atoms with E-state index in [4.69, 9.17) is 9.05 Å². The zero-order valence-electron chi connectivity index (χ0n) is 16.7. The van der Waals surface area contributed by atoms with Crippen molar-refractivity contribution < 1.29 is 22.0 Å². The van der Waals surface area contributed by atoms with Crippen LogP contribution in [0.5, 0.6) is 5.75 Å². The van der Waals surface area contributed by atoms with E-state index in [2.05, 4.69) is 0 Å². The first kappa shape index (κ1) is 23.2. The molecule has 0 saturated carbocycles. The quantitative estimate of drug-likeness (QED) is 0.228. The third-order valence-corrected chi connectivity index (χ3v) is 11.3. The Kier molecular flexibility index (Phi) is 7.93. The van der Waals surface area contributed by atoms with Gasteiger partial charge < -0.3 is 4.52 Å². The van der Waals surface area contributed by atoms with Gasteiger partial charge in [-0.15, -0.1) is 0 Å². The van der Waals surface area contributed by atoms with Gasteiger partial charge in [0.25, 0.3) is 0 Å². The molecule has 1 atom stereocenters. The lowest BCUT2D eigenvalue weighted by atomic mass is 10.1. The van der Waals surface area contributed by atoms with E-state index in [0.717, 1.165) is 22.6 Å². The smallest absolute Gasteiger partial charge is 0.417 e. The van der Waals surface area contributed by atoms with E-state index in [1.807, 2.05) is 31.2 Å². The fraction of sp³-hybridized carbons (Fsp3) is 0.238. The highest BCUT2D eigenvalue weighted by Gasteiger charge is 2.26. The summed E-state index contributed by atoms with van der Waals surface area (Å²) in [6, 6.07) is 19.1. The topological polar surface area (TPSA) is 69.7 Å². The highest BCUT2D eigenvalue weighted by Crippen LogP contribution is 2.60. The largest absolute Gasteiger partial charge is 0.440 e. The van der Waals surface area contributed by atoms with Crippen molar-refractivity contribution in [2.45, 2.75) is 30.1 Å². The summed E-state index contributed by atoms with van der Waals surface area (Å²) in [5, 5.41) is 1.57. The van der Waals surface area contributed by atoms with Crippen LogP contribution in [0.3, 0.4) is 0 Å². The van der Waals surface area contributed by atoms with Gasteiger partial charge in [-0.25, -0.2) is 13.0 Å². The fourth-order valence-electron chi connectivity index (χ4n) is 2.72. The van der Waals surface area contributed by atoms with Gasteiger partial charge in [0.2, 0.25) is 8.87 Å². The van der Waals surface area contributed by atoms with E-state index < -0.39 is 15.7 Å². The molecule has 0 N–H and O–H groups in total. The Labute approximate surface area is 185 Å². The molecule has 0 aliphatic carbocycles. The summed E-state index contributed by atoms with van der Waals surface area (Å²) in [6.45, 7) is 0.741. The average Bonchev–Trinajstić information content (AvgIpc) is 2.73. The Morgan fingerprint density at radius 1 is 0.933 bits per heavy atom. The lowest BCUT2D eigenvalue weighted by molar-refractivity contribution is 0.296. The fourth-order valence-corrected chi connectivity index (χ4v) is 9.27. The van der Waals surface area contributed by atoms with Crippen molar-refractivity contribution in [3.05, 3.63) is 66.7 Å². The number of rotatable bonds is 10. The molecule has 1 unspecified atom stereocenters. The summed E-state index contributed by atoms with van der Waals surface area (Å²) in [6.07, 6.45) is 0.854. The number of hydrogen-bond donors (Lipinski definition) is 0. The highest BCUT2D eigenvalue weighted by molar-refractivity contribution is 8.72. The minimum absolute atomic E-state index is 0.280. The molecule has 0 heterocycles. The third-order valence-electron chi connectivity index (χ3n) is 4.01. The Bertz CT molecular complexity index is 1140. The minimum Gasteiger partial charge on any atom is -0.417 e. The monoisotopic (exact) mass is 482 g/mol. The summed E-state index contributed by atoms with van der Waals surface area (Å²) >= 11 is 1.17. The third kappa shape index (κ3) is 5.83. The van der Waals surface area contributed by atoms with Gasteiger partial charge in [0.1, 0.15) is 5.75 Å². The maximum atomic E-state index is 13.0. The Hall–Kier alpha value is -1.44. The summed E-state index contributed by atoms with van der Waals surface area (Å²) in [4.78, 5) is 0.825. The van der Waals surface area contributed by atoms with E-state index in [9.17, 15) is 13.0 Å². The molecule has 0 radical (unpaired) electrons. The molecule has 0 spiro atoms. The molecule has 0 aliphatic heterocycles. The van der Waals surface area contributed by atoms with Crippen molar-refractivity contribution in [3.8, 4) is 5.75 Å². The Morgan fingerprint density at radius 2 is 1.63 bits per heavy atom. The molecule has 3 aromatic rings. The summed E-state index contributed by atoms with van der Waals surface area (Å²) < 4.78 is 49.7. The zero-order valence-corrected chi connectivity index (χ0v) is 20.0. The van der Waals surface area contributed by atoms with Crippen LogP contribution in [0.4, 0.5) is 0 Å². The predicted octanol–water partition coefficient (Wildman–Crippen LogP) is 6.99. The normalized spacial score (nSPS) is 13.8. The predicted molar refractivity (Wildman–Crippen MR) is 126 cm³/mol. The van der Waals surface area contributed by atoms with E-state index in [1.165, 1.54) is 11.4 Å². The molecule has 30 heavy (non-hydrogen) atoms. The maximum absolute atomic E-state index is 13.0. The van der Waals surface area contributed by atoms with Crippen molar-refractivity contribution in [1.82, 2.24) is 0 Å². The van der Waals surface area contributed by atoms with Crippen LogP contribution in [-0.4, -0.2) is 20.8 Å². The molecule has 0 bridgehead atoms. The standard InChI is InChI=1S/C21H23O5PS3/c1-3-16-28-27(22,25-4-2)26-18-12-14-19(15-13-18)29-30(23,24)21-11-7-9-17-8-5-6-10-20(17)21/h5-15H,3-4,16H2,1-2H3. The van der Waals surface area contributed by atoms with Crippen LogP contribution >= 0.6 is 29.0 Å². The molecule has 0 aromatic heterocycles. The van der Waals surface area contributed by atoms with Crippen LogP contribution in [0.1, 0.15) is 20.3 Å². The van der Waals surface area contributed by atoms with Crippen LogP contribution < -0.4 is 4.52 Å². The van der Waals surface area contributed by atoms with Gasteiger partial charge in [0.05, 0.1) is 11.5 Å². The summed E-state index contributed by atoms with van der Waals surface area (Å²) in [7, 11) is -2.84. The number of fused-ring (bicyclic) bond motifs is 1. The van der Waals surface area contributed by atoms with Gasteiger partial charge in [0.15, 0.2) is 0 Å². The molecule has 5 nitrogen and oxygen atoms in total. The first-order valence-electron chi connectivity index (χ1n) is 9.48. The molecule has 0 amide bonds. The van der Waals surface area contributed by atoms with Gasteiger partial charge in [-0.3, -0.25) is 4.52 Å². The van der Waals surface area contributed by atoms with Gasteiger partial charge in [-0.2, -0.15) is 0 Å². The molecule has 0 saturated heterocycles. The molecular formula is C21H23O5PS3. The van der Waals surface area contributed by atoms with Crippen LogP contribution in [0.25, 0.3) is 10.8 Å².